The van der Waals surface area contributed by atoms with Gasteiger partial charge in [-0.1, -0.05) is 29.8 Å². The summed E-state index contributed by atoms with van der Waals surface area (Å²) in [5.41, 5.74) is 2.79. The van der Waals surface area contributed by atoms with Crippen LogP contribution in [-0.4, -0.2) is 28.9 Å². The number of ether oxygens (including phenoxy) is 1. The largest absolute Gasteiger partial charge is 0.495 e. The maximum atomic E-state index is 13.0. The first-order chi connectivity index (χ1) is 15.4. The Balaban J connectivity index is 1.65. The summed E-state index contributed by atoms with van der Waals surface area (Å²) in [6, 6.07) is 12.8. The topological polar surface area (TPSA) is 125 Å². The second-order valence-electron chi connectivity index (χ2n) is 7.61. The van der Waals surface area contributed by atoms with E-state index in [1.807, 2.05) is 32.0 Å². The van der Waals surface area contributed by atoms with Crippen LogP contribution in [0.2, 0.25) is 0 Å². The summed E-state index contributed by atoms with van der Waals surface area (Å²) in [7, 11) is 1.53. The van der Waals surface area contributed by atoms with E-state index >= 15 is 0 Å². The number of carbonyl (C=O) groups excluding carboxylic acids is 2. The average molecular weight is 433 g/mol. The minimum absolute atomic E-state index is 0.0585. The number of nitrogens with zero attached hydrogens (tertiary/aromatic N) is 1. The lowest BCUT2D eigenvalue weighted by Gasteiger charge is -2.24. The van der Waals surface area contributed by atoms with E-state index < -0.39 is 17.4 Å². The van der Waals surface area contributed by atoms with E-state index in [2.05, 4.69) is 25.9 Å². The van der Waals surface area contributed by atoms with Gasteiger partial charge in [0.2, 0.25) is 17.8 Å². The molecule has 1 atom stereocenters. The monoisotopic (exact) mass is 433 g/mol. The Morgan fingerprint density at radius 3 is 2.66 bits per heavy atom. The van der Waals surface area contributed by atoms with Gasteiger partial charge in [0.25, 0.3) is 5.56 Å². The lowest BCUT2D eigenvalue weighted by atomic mass is 9.92. The number of H-pyrrole nitrogens is 1. The second-order valence-corrected chi connectivity index (χ2v) is 7.61. The molecular formula is C23H23N5O4. The minimum atomic E-state index is -0.962. The Morgan fingerprint density at radius 2 is 1.91 bits per heavy atom. The third kappa shape index (κ3) is 4.18. The van der Waals surface area contributed by atoms with Crippen molar-refractivity contribution < 1.29 is 14.3 Å². The molecule has 1 aromatic heterocycles. The number of aryl methyl sites for hydroxylation is 2. The van der Waals surface area contributed by atoms with Crippen LogP contribution in [-0.2, 0) is 9.59 Å². The molecule has 2 heterocycles. The van der Waals surface area contributed by atoms with E-state index in [0.717, 1.165) is 11.1 Å². The Bertz CT molecular complexity index is 1270. The summed E-state index contributed by atoms with van der Waals surface area (Å²) in [6.07, 6.45) is -0.145. The molecule has 1 aliphatic heterocycles. The SMILES string of the molecule is COc1ccccc1Nc1nc2c(c(=O)[nH]1)C(C(=O)Nc1ccc(C)cc1C)CC(=O)N2. The van der Waals surface area contributed by atoms with E-state index in [1.165, 1.54) is 7.11 Å². The number of aromatic nitrogens is 2. The molecule has 4 N–H and O–H groups in total. The van der Waals surface area contributed by atoms with Crippen molar-refractivity contribution >= 4 is 35.0 Å². The highest BCUT2D eigenvalue weighted by molar-refractivity contribution is 6.04. The highest BCUT2D eigenvalue weighted by atomic mass is 16.5. The summed E-state index contributed by atoms with van der Waals surface area (Å²) in [6.45, 7) is 3.84. The molecule has 9 nitrogen and oxygen atoms in total. The second kappa shape index (κ2) is 8.54. The maximum Gasteiger partial charge on any atom is 0.258 e. The van der Waals surface area contributed by atoms with E-state index in [0.29, 0.717) is 17.1 Å². The molecule has 32 heavy (non-hydrogen) atoms. The maximum absolute atomic E-state index is 13.0. The smallest absolute Gasteiger partial charge is 0.258 e. The number of hydrogen-bond acceptors (Lipinski definition) is 6. The van der Waals surface area contributed by atoms with Crippen molar-refractivity contribution in [2.75, 3.05) is 23.1 Å². The van der Waals surface area contributed by atoms with Crippen molar-refractivity contribution in [3.05, 3.63) is 69.5 Å². The van der Waals surface area contributed by atoms with Crippen LogP contribution in [0.15, 0.2) is 47.3 Å². The van der Waals surface area contributed by atoms with Gasteiger partial charge in [0.15, 0.2) is 0 Å². The fourth-order valence-electron chi connectivity index (χ4n) is 3.70. The van der Waals surface area contributed by atoms with Crippen LogP contribution >= 0.6 is 0 Å². The van der Waals surface area contributed by atoms with Crippen LogP contribution in [0.1, 0.15) is 29.0 Å². The van der Waals surface area contributed by atoms with Crippen molar-refractivity contribution in [3.63, 3.8) is 0 Å². The number of anilines is 4. The summed E-state index contributed by atoms with van der Waals surface area (Å²) in [5.74, 6) is -1.05. The Hall–Kier alpha value is -4.14. The lowest BCUT2D eigenvalue weighted by Crippen LogP contribution is -2.36. The predicted molar refractivity (Wildman–Crippen MR) is 122 cm³/mol. The van der Waals surface area contributed by atoms with Crippen molar-refractivity contribution in [1.82, 2.24) is 9.97 Å². The van der Waals surface area contributed by atoms with E-state index in [-0.39, 0.29) is 29.7 Å². The van der Waals surface area contributed by atoms with Gasteiger partial charge in [0.05, 0.1) is 24.3 Å². The molecule has 2 aromatic carbocycles. The molecule has 0 bridgehead atoms. The first-order valence-electron chi connectivity index (χ1n) is 10.1. The number of methoxy groups -OCH3 is 1. The molecule has 0 spiro atoms. The number of amides is 2. The third-order valence-electron chi connectivity index (χ3n) is 5.27. The molecule has 0 saturated carbocycles. The zero-order valence-corrected chi connectivity index (χ0v) is 17.9. The van der Waals surface area contributed by atoms with Gasteiger partial charge in [0.1, 0.15) is 11.6 Å². The third-order valence-corrected chi connectivity index (χ3v) is 5.27. The van der Waals surface area contributed by atoms with Crippen LogP contribution in [0.5, 0.6) is 5.75 Å². The minimum Gasteiger partial charge on any atom is -0.495 e. The van der Waals surface area contributed by atoms with Gasteiger partial charge < -0.3 is 20.7 Å². The molecule has 3 aromatic rings. The van der Waals surface area contributed by atoms with Gasteiger partial charge in [-0.05, 0) is 37.6 Å². The summed E-state index contributed by atoms with van der Waals surface area (Å²) >= 11 is 0. The number of rotatable bonds is 5. The van der Waals surface area contributed by atoms with Crippen LogP contribution in [0.3, 0.4) is 0 Å². The van der Waals surface area contributed by atoms with Gasteiger partial charge in [-0.25, -0.2) is 0 Å². The van der Waals surface area contributed by atoms with Gasteiger partial charge in [-0.3, -0.25) is 19.4 Å². The molecular weight excluding hydrogens is 410 g/mol. The molecule has 0 radical (unpaired) electrons. The summed E-state index contributed by atoms with van der Waals surface area (Å²) < 4.78 is 5.29. The first-order valence-corrected chi connectivity index (χ1v) is 10.1. The van der Waals surface area contributed by atoms with Gasteiger partial charge in [-0.2, -0.15) is 4.98 Å². The van der Waals surface area contributed by atoms with Crippen molar-refractivity contribution in [1.29, 1.82) is 0 Å². The average Bonchev–Trinajstić information content (AvgIpc) is 2.75. The zero-order chi connectivity index (χ0) is 22.8. The standard InChI is InChI=1S/C23H23N5O4/c1-12-8-9-15(13(2)10-12)24-21(30)14-11-18(29)26-20-19(14)22(31)28-23(27-20)25-16-6-4-5-7-17(16)32-3/h4-10,14H,11H2,1-3H3,(H,24,30)(H3,25,26,27,28,29,31). The fraction of sp³-hybridized carbons (Fsp3) is 0.217. The first kappa shape index (κ1) is 21.1. The van der Waals surface area contributed by atoms with Gasteiger partial charge in [0, 0.05) is 12.1 Å². The summed E-state index contributed by atoms with van der Waals surface area (Å²) in [4.78, 5) is 45.2. The van der Waals surface area contributed by atoms with E-state index in [9.17, 15) is 14.4 Å². The van der Waals surface area contributed by atoms with E-state index in [1.54, 1.807) is 24.3 Å². The number of fused-ring (bicyclic) bond motifs is 1. The Morgan fingerprint density at radius 1 is 1.12 bits per heavy atom. The molecule has 1 aliphatic rings. The van der Waals surface area contributed by atoms with Gasteiger partial charge in [-0.15, -0.1) is 0 Å². The predicted octanol–water partition coefficient (Wildman–Crippen LogP) is 3.20. The highest BCUT2D eigenvalue weighted by Crippen LogP contribution is 2.31. The number of hydrogen-bond donors (Lipinski definition) is 4. The van der Waals surface area contributed by atoms with Crippen LogP contribution in [0.25, 0.3) is 0 Å². The van der Waals surface area contributed by atoms with Crippen LogP contribution in [0.4, 0.5) is 23.1 Å². The van der Waals surface area contributed by atoms with Crippen LogP contribution in [0, 0.1) is 13.8 Å². The van der Waals surface area contributed by atoms with Crippen LogP contribution < -0.4 is 26.2 Å². The molecule has 4 rings (SSSR count). The molecule has 9 heteroatoms. The number of carbonyl (C=O) groups is 2. The number of benzene rings is 2. The van der Waals surface area contributed by atoms with Crippen molar-refractivity contribution in [2.24, 2.45) is 0 Å². The Labute approximate surface area is 184 Å². The molecule has 2 amide bonds. The zero-order valence-electron chi connectivity index (χ0n) is 17.9. The molecule has 0 saturated heterocycles. The lowest BCUT2D eigenvalue weighted by molar-refractivity contribution is -0.123. The molecule has 0 fully saturated rings. The number of nitrogens with one attached hydrogen (secondary N) is 4. The van der Waals surface area contributed by atoms with Gasteiger partial charge >= 0.3 is 0 Å². The van der Waals surface area contributed by atoms with Crippen molar-refractivity contribution in [3.8, 4) is 5.75 Å². The quantitative estimate of drug-likeness (QED) is 0.490. The number of para-hydroxylation sites is 2. The summed E-state index contributed by atoms with van der Waals surface area (Å²) in [5, 5.41) is 8.42. The molecule has 1 unspecified atom stereocenters. The molecule has 0 aliphatic carbocycles. The van der Waals surface area contributed by atoms with E-state index in [4.69, 9.17) is 4.74 Å². The normalized spacial score (nSPS) is 14.8. The number of aromatic amines is 1. The highest BCUT2D eigenvalue weighted by Gasteiger charge is 2.35. The fourth-order valence-corrected chi connectivity index (χ4v) is 3.70. The molecule has 164 valence electrons. The van der Waals surface area contributed by atoms with Crippen molar-refractivity contribution in [2.45, 2.75) is 26.2 Å². The Kier molecular flexibility index (Phi) is 5.63.